The van der Waals surface area contributed by atoms with Gasteiger partial charge >= 0.3 is 0 Å². The number of carbonyl (C=O) groups is 1. The summed E-state index contributed by atoms with van der Waals surface area (Å²) in [5, 5.41) is 3.18. The maximum atomic E-state index is 11.3. The molecule has 0 aromatic rings. The standard InChI is InChI=1S/C9H13NO/c1-3-8(11)9(4-2)6-5-7-10-9/h1,10H,4-7H2,2H3. The van der Waals surface area contributed by atoms with Crippen LogP contribution in [-0.2, 0) is 4.79 Å². The highest BCUT2D eigenvalue weighted by molar-refractivity contribution is 6.02. The van der Waals surface area contributed by atoms with Crippen LogP contribution in [0.1, 0.15) is 26.2 Å². The van der Waals surface area contributed by atoms with Crippen LogP contribution >= 0.6 is 0 Å². The highest BCUT2D eigenvalue weighted by Gasteiger charge is 2.37. The Kier molecular flexibility index (Phi) is 2.31. The number of nitrogens with one attached hydrogen (secondary N) is 1. The van der Waals surface area contributed by atoms with Gasteiger partial charge in [-0.1, -0.05) is 6.92 Å². The maximum Gasteiger partial charge on any atom is 0.225 e. The van der Waals surface area contributed by atoms with Gasteiger partial charge in [0.15, 0.2) is 0 Å². The van der Waals surface area contributed by atoms with E-state index in [1.165, 1.54) is 0 Å². The fourth-order valence-corrected chi connectivity index (χ4v) is 1.60. The summed E-state index contributed by atoms with van der Waals surface area (Å²) in [4.78, 5) is 11.3. The van der Waals surface area contributed by atoms with Crippen molar-refractivity contribution in [3.63, 3.8) is 0 Å². The molecule has 11 heavy (non-hydrogen) atoms. The summed E-state index contributed by atoms with van der Waals surface area (Å²) in [6.07, 6.45) is 7.83. The molecule has 0 bridgehead atoms. The average molecular weight is 151 g/mol. The minimum absolute atomic E-state index is 0.0856. The van der Waals surface area contributed by atoms with E-state index in [0.29, 0.717) is 0 Å². The number of rotatable bonds is 2. The molecular formula is C9H13NO. The lowest BCUT2D eigenvalue weighted by Gasteiger charge is -2.23. The van der Waals surface area contributed by atoms with E-state index in [2.05, 4.69) is 11.2 Å². The fraction of sp³-hybridized carbons (Fsp3) is 0.667. The van der Waals surface area contributed by atoms with E-state index in [1.807, 2.05) is 6.92 Å². The Bertz CT molecular complexity index is 196. The van der Waals surface area contributed by atoms with Crippen LogP contribution in [0.3, 0.4) is 0 Å². The smallest absolute Gasteiger partial charge is 0.225 e. The number of hydrogen-bond acceptors (Lipinski definition) is 2. The zero-order chi connectivity index (χ0) is 8.32. The van der Waals surface area contributed by atoms with Crippen molar-refractivity contribution < 1.29 is 4.79 Å². The van der Waals surface area contributed by atoms with Gasteiger partial charge in [-0.2, -0.15) is 0 Å². The zero-order valence-corrected chi connectivity index (χ0v) is 6.81. The first-order valence-corrected chi connectivity index (χ1v) is 4.01. The Balaban J connectivity index is 2.76. The first kappa shape index (κ1) is 8.29. The molecule has 0 saturated carbocycles. The molecule has 0 aromatic heterocycles. The van der Waals surface area contributed by atoms with Gasteiger partial charge < -0.3 is 5.32 Å². The first-order chi connectivity index (χ1) is 5.25. The minimum Gasteiger partial charge on any atom is -0.304 e. The van der Waals surface area contributed by atoms with Gasteiger partial charge in [-0.25, -0.2) is 0 Å². The van der Waals surface area contributed by atoms with Crippen LogP contribution in [0.5, 0.6) is 0 Å². The second-order valence-electron chi connectivity index (χ2n) is 2.94. The van der Waals surface area contributed by atoms with E-state index in [-0.39, 0.29) is 11.3 Å². The van der Waals surface area contributed by atoms with E-state index in [1.54, 1.807) is 0 Å². The molecule has 0 radical (unpaired) electrons. The third-order valence-corrected chi connectivity index (χ3v) is 2.41. The number of carbonyl (C=O) groups excluding carboxylic acids is 1. The summed E-state index contributed by atoms with van der Waals surface area (Å²) < 4.78 is 0. The van der Waals surface area contributed by atoms with Crippen LogP contribution in [0, 0.1) is 12.3 Å². The van der Waals surface area contributed by atoms with E-state index in [0.717, 1.165) is 25.8 Å². The average Bonchev–Trinajstić information content (AvgIpc) is 2.52. The molecule has 1 atom stereocenters. The monoisotopic (exact) mass is 151 g/mol. The largest absolute Gasteiger partial charge is 0.304 e. The summed E-state index contributed by atoms with van der Waals surface area (Å²) in [5.74, 6) is 2.11. The molecule has 0 aliphatic carbocycles. The van der Waals surface area contributed by atoms with E-state index in [9.17, 15) is 4.79 Å². The summed E-state index contributed by atoms with van der Waals surface area (Å²) in [6, 6.07) is 0. The third-order valence-electron chi connectivity index (χ3n) is 2.41. The number of terminal acetylenes is 1. The predicted molar refractivity (Wildman–Crippen MR) is 44.1 cm³/mol. The molecule has 1 N–H and O–H groups in total. The Hall–Kier alpha value is -0.810. The summed E-state index contributed by atoms with van der Waals surface area (Å²) in [7, 11) is 0. The molecule has 2 nitrogen and oxygen atoms in total. The molecule has 0 spiro atoms. The van der Waals surface area contributed by atoms with Gasteiger partial charge in [-0.3, -0.25) is 4.79 Å². The van der Waals surface area contributed by atoms with Crippen LogP contribution in [0.15, 0.2) is 0 Å². The van der Waals surface area contributed by atoms with Crippen molar-refractivity contribution >= 4 is 5.78 Å². The topological polar surface area (TPSA) is 29.1 Å². The third kappa shape index (κ3) is 1.29. The van der Waals surface area contributed by atoms with Gasteiger partial charge in [0.05, 0.1) is 5.54 Å². The summed E-state index contributed by atoms with van der Waals surface area (Å²) in [6.45, 7) is 2.91. The van der Waals surface area contributed by atoms with Gasteiger partial charge in [0.2, 0.25) is 5.78 Å². The Labute approximate surface area is 67.4 Å². The van der Waals surface area contributed by atoms with Crippen molar-refractivity contribution in [1.82, 2.24) is 5.32 Å². The van der Waals surface area contributed by atoms with Gasteiger partial charge in [0.25, 0.3) is 0 Å². The lowest BCUT2D eigenvalue weighted by atomic mass is 9.90. The SMILES string of the molecule is C#CC(=O)C1(CC)CCCN1. The molecule has 1 unspecified atom stereocenters. The minimum atomic E-state index is -0.380. The van der Waals surface area contributed by atoms with Crippen LogP contribution in [0.2, 0.25) is 0 Å². The highest BCUT2D eigenvalue weighted by Crippen LogP contribution is 2.23. The van der Waals surface area contributed by atoms with Gasteiger partial charge in [0.1, 0.15) is 0 Å². The van der Waals surface area contributed by atoms with Crippen molar-refractivity contribution in [1.29, 1.82) is 0 Å². The van der Waals surface area contributed by atoms with Crippen molar-refractivity contribution in [3.05, 3.63) is 0 Å². The lowest BCUT2D eigenvalue weighted by Crippen LogP contribution is -2.46. The van der Waals surface area contributed by atoms with Gasteiger partial charge in [0, 0.05) is 0 Å². The van der Waals surface area contributed by atoms with Crippen molar-refractivity contribution in [2.45, 2.75) is 31.7 Å². The molecule has 1 heterocycles. The van der Waals surface area contributed by atoms with Gasteiger partial charge in [-0.05, 0) is 31.7 Å². The molecule has 0 aromatic carbocycles. The molecule has 1 rings (SSSR count). The number of ketones is 1. The Morgan fingerprint density at radius 2 is 2.55 bits per heavy atom. The normalized spacial score (nSPS) is 29.8. The highest BCUT2D eigenvalue weighted by atomic mass is 16.1. The molecule has 1 aliphatic rings. The molecule has 60 valence electrons. The van der Waals surface area contributed by atoms with Crippen LogP contribution in [0.4, 0.5) is 0 Å². The molecule has 0 amide bonds. The molecule has 1 fully saturated rings. The summed E-state index contributed by atoms with van der Waals surface area (Å²) in [5.41, 5.74) is -0.380. The van der Waals surface area contributed by atoms with Crippen LogP contribution < -0.4 is 5.32 Å². The molecule has 1 aliphatic heterocycles. The van der Waals surface area contributed by atoms with Crippen molar-refractivity contribution in [2.24, 2.45) is 0 Å². The lowest BCUT2D eigenvalue weighted by molar-refractivity contribution is -0.119. The molecular weight excluding hydrogens is 138 g/mol. The van der Waals surface area contributed by atoms with Crippen molar-refractivity contribution in [2.75, 3.05) is 6.54 Å². The van der Waals surface area contributed by atoms with Gasteiger partial charge in [-0.15, -0.1) is 6.42 Å². The summed E-state index contributed by atoms with van der Waals surface area (Å²) >= 11 is 0. The van der Waals surface area contributed by atoms with Crippen LogP contribution in [0.25, 0.3) is 0 Å². The quantitative estimate of drug-likeness (QED) is 0.465. The zero-order valence-electron chi connectivity index (χ0n) is 6.81. The predicted octanol–water partition coefficient (Wildman–Crippen LogP) is 0.721. The van der Waals surface area contributed by atoms with E-state index >= 15 is 0 Å². The van der Waals surface area contributed by atoms with Crippen molar-refractivity contribution in [3.8, 4) is 12.3 Å². The number of hydrogen-bond donors (Lipinski definition) is 1. The van der Waals surface area contributed by atoms with E-state index in [4.69, 9.17) is 6.42 Å². The number of Topliss-reactive ketones (excluding diaryl/α,β-unsaturated/α-hetero) is 1. The van der Waals surface area contributed by atoms with E-state index < -0.39 is 0 Å². The Morgan fingerprint density at radius 3 is 2.91 bits per heavy atom. The molecule has 1 saturated heterocycles. The maximum absolute atomic E-state index is 11.3. The Morgan fingerprint density at radius 1 is 1.82 bits per heavy atom. The first-order valence-electron chi connectivity index (χ1n) is 4.01. The second-order valence-corrected chi connectivity index (χ2v) is 2.94. The van der Waals surface area contributed by atoms with Crippen LogP contribution in [-0.4, -0.2) is 17.9 Å². The molecule has 2 heteroatoms. The second kappa shape index (κ2) is 3.06. The fourth-order valence-electron chi connectivity index (χ4n) is 1.60.